The molecule has 2 aromatic rings. The Morgan fingerprint density at radius 1 is 1.35 bits per heavy atom. The molecule has 0 unspecified atom stereocenters. The molecule has 1 N–H and O–H groups in total. The maximum Gasteiger partial charge on any atom is 0.218 e. The van der Waals surface area contributed by atoms with Crippen LogP contribution in [0.3, 0.4) is 0 Å². The monoisotopic (exact) mass is 292 g/mol. The zero-order chi connectivity index (χ0) is 14.2. The fourth-order valence-corrected chi connectivity index (χ4v) is 1.80. The predicted molar refractivity (Wildman–Crippen MR) is 79.0 cm³/mol. The molecule has 0 amide bonds. The number of rotatable bonds is 7. The van der Waals surface area contributed by atoms with Gasteiger partial charge < -0.3 is 10.1 Å². The number of nitrogens with zero attached hydrogens (tertiary/aromatic N) is 3. The van der Waals surface area contributed by atoms with Gasteiger partial charge in [-0.05, 0) is 12.5 Å². The molecule has 0 aliphatic heterocycles. The standard InChI is InChI=1S/C14H17ClN4O/c1-2-3-7-20-14-11(5-4-6-17-14)8-18-13-12(15)9-16-10-19-13/h4-6,9-10H,2-3,7-8H2,1H3,(H,16,18,19). The van der Waals surface area contributed by atoms with Gasteiger partial charge in [0, 0.05) is 18.3 Å². The lowest BCUT2D eigenvalue weighted by Gasteiger charge is -2.11. The van der Waals surface area contributed by atoms with Gasteiger partial charge in [0.25, 0.3) is 0 Å². The Labute approximate surface area is 123 Å². The molecule has 0 atom stereocenters. The van der Waals surface area contributed by atoms with Crippen molar-refractivity contribution in [2.24, 2.45) is 0 Å². The van der Waals surface area contributed by atoms with E-state index in [0.29, 0.717) is 29.9 Å². The van der Waals surface area contributed by atoms with E-state index >= 15 is 0 Å². The Morgan fingerprint density at radius 3 is 3.05 bits per heavy atom. The Hall–Kier alpha value is -1.88. The van der Waals surface area contributed by atoms with Gasteiger partial charge in [-0.1, -0.05) is 31.0 Å². The van der Waals surface area contributed by atoms with Crippen molar-refractivity contribution in [3.05, 3.63) is 41.4 Å². The second-order valence-electron chi connectivity index (χ2n) is 4.24. The van der Waals surface area contributed by atoms with Crippen LogP contribution in [-0.2, 0) is 6.54 Å². The van der Waals surface area contributed by atoms with E-state index < -0.39 is 0 Å². The number of hydrogen-bond donors (Lipinski definition) is 1. The first-order chi connectivity index (χ1) is 9.81. The molecule has 20 heavy (non-hydrogen) atoms. The van der Waals surface area contributed by atoms with Crippen molar-refractivity contribution in [2.75, 3.05) is 11.9 Å². The van der Waals surface area contributed by atoms with E-state index in [2.05, 4.69) is 27.2 Å². The topological polar surface area (TPSA) is 59.9 Å². The molecule has 106 valence electrons. The first-order valence-corrected chi connectivity index (χ1v) is 6.95. The van der Waals surface area contributed by atoms with Gasteiger partial charge in [-0.25, -0.2) is 15.0 Å². The lowest BCUT2D eigenvalue weighted by molar-refractivity contribution is 0.295. The third kappa shape index (κ3) is 4.06. The summed E-state index contributed by atoms with van der Waals surface area (Å²) in [5, 5.41) is 3.65. The summed E-state index contributed by atoms with van der Waals surface area (Å²) in [4.78, 5) is 12.2. The number of unbranched alkanes of at least 4 members (excludes halogenated alkanes) is 1. The van der Waals surface area contributed by atoms with Crippen LogP contribution in [-0.4, -0.2) is 21.6 Å². The van der Waals surface area contributed by atoms with Crippen LogP contribution in [0, 0.1) is 0 Å². The zero-order valence-electron chi connectivity index (χ0n) is 11.3. The Bertz CT molecular complexity index is 550. The molecule has 0 saturated carbocycles. The van der Waals surface area contributed by atoms with Crippen LogP contribution >= 0.6 is 11.6 Å². The van der Waals surface area contributed by atoms with Crippen molar-refractivity contribution in [3.63, 3.8) is 0 Å². The fourth-order valence-electron chi connectivity index (χ4n) is 1.62. The predicted octanol–water partition coefficient (Wildman–Crippen LogP) is 3.32. The number of ether oxygens (including phenoxy) is 1. The van der Waals surface area contributed by atoms with E-state index in [-0.39, 0.29) is 0 Å². The largest absolute Gasteiger partial charge is 0.477 e. The summed E-state index contributed by atoms with van der Waals surface area (Å²) in [5.74, 6) is 1.25. The molecule has 2 heterocycles. The second kappa shape index (κ2) is 7.65. The van der Waals surface area contributed by atoms with E-state index in [0.717, 1.165) is 18.4 Å². The number of pyridine rings is 1. The highest BCUT2D eigenvalue weighted by molar-refractivity contribution is 6.32. The van der Waals surface area contributed by atoms with Crippen molar-refractivity contribution >= 4 is 17.4 Å². The summed E-state index contributed by atoms with van der Waals surface area (Å²) in [6.45, 7) is 3.35. The third-order valence-electron chi connectivity index (χ3n) is 2.70. The number of nitrogens with one attached hydrogen (secondary N) is 1. The van der Waals surface area contributed by atoms with Crippen molar-refractivity contribution in [1.29, 1.82) is 0 Å². The minimum atomic E-state index is 0.491. The minimum Gasteiger partial charge on any atom is -0.477 e. The van der Waals surface area contributed by atoms with E-state index in [1.807, 2.05) is 12.1 Å². The molecule has 0 bridgehead atoms. The number of aromatic nitrogens is 3. The summed E-state index contributed by atoms with van der Waals surface area (Å²) in [7, 11) is 0. The SMILES string of the molecule is CCCCOc1ncccc1CNc1ncncc1Cl. The molecule has 2 aromatic heterocycles. The van der Waals surface area contributed by atoms with Crippen LogP contribution in [0.5, 0.6) is 5.88 Å². The van der Waals surface area contributed by atoms with Crippen LogP contribution in [0.2, 0.25) is 5.02 Å². The molecule has 2 rings (SSSR count). The molecule has 0 aliphatic rings. The van der Waals surface area contributed by atoms with Crippen molar-refractivity contribution in [3.8, 4) is 5.88 Å². The molecule has 0 radical (unpaired) electrons. The molecule has 0 aliphatic carbocycles. The van der Waals surface area contributed by atoms with Crippen LogP contribution in [0.25, 0.3) is 0 Å². The van der Waals surface area contributed by atoms with Gasteiger partial charge in [0.15, 0.2) is 0 Å². The van der Waals surface area contributed by atoms with Gasteiger partial charge in [0.2, 0.25) is 5.88 Å². The molecule has 5 nitrogen and oxygen atoms in total. The molecule has 0 fully saturated rings. The van der Waals surface area contributed by atoms with Crippen LogP contribution < -0.4 is 10.1 Å². The Morgan fingerprint density at radius 2 is 2.25 bits per heavy atom. The highest BCUT2D eigenvalue weighted by Crippen LogP contribution is 2.20. The summed E-state index contributed by atoms with van der Waals surface area (Å²) in [6.07, 6.45) is 6.84. The van der Waals surface area contributed by atoms with Gasteiger partial charge in [-0.15, -0.1) is 0 Å². The average molecular weight is 293 g/mol. The lowest BCUT2D eigenvalue weighted by atomic mass is 10.2. The fraction of sp³-hybridized carbons (Fsp3) is 0.357. The summed E-state index contributed by atoms with van der Waals surface area (Å²) in [5.41, 5.74) is 0.971. The van der Waals surface area contributed by atoms with Crippen molar-refractivity contribution in [1.82, 2.24) is 15.0 Å². The van der Waals surface area contributed by atoms with E-state index in [4.69, 9.17) is 16.3 Å². The van der Waals surface area contributed by atoms with Crippen molar-refractivity contribution < 1.29 is 4.74 Å². The summed E-state index contributed by atoms with van der Waals surface area (Å²) in [6, 6.07) is 3.85. The third-order valence-corrected chi connectivity index (χ3v) is 2.98. The van der Waals surface area contributed by atoms with E-state index in [1.54, 1.807) is 12.4 Å². The number of anilines is 1. The van der Waals surface area contributed by atoms with Crippen LogP contribution in [0.1, 0.15) is 25.3 Å². The zero-order valence-corrected chi connectivity index (χ0v) is 12.1. The smallest absolute Gasteiger partial charge is 0.218 e. The van der Waals surface area contributed by atoms with E-state index in [1.165, 1.54) is 6.33 Å². The maximum absolute atomic E-state index is 6.00. The highest BCUT2D eigenvalue weighted by atomic mass is 35.5. The van der Waals surface area contributed by atoms with Crippen molar-refractivity contribution in [2.45, 2.75) is 26.3 Å². The minimum absolute atomic E-state index is 0.491. The Balaban J connectivity index is 2.00. The first-order valence-electron chi connectivity index (χ1n) is 6.57. The molecule has 0 saturated heterocycles. The van der Waals surface area contributed by atoms with Gasteiger partial charge >= 0.3 is 0 Å². The quantitative estimate of drug-likeness (QED) is 0.793. The molecule has 0 aromatic carbocycles. The lowest BCUT2D eigenvalue weighted by Crippen LogP contribution is -2.07. The van der Waals surface area contributed by atoms with Gasteiger partial charge in [0.05, 0.1) is 12.8 Å². The highest BCUT2D eigenvalue weighted by Gasteiger charge is 2.06. The normalized spacial score (nSPS) is 10.3. The van der Waals surface area contributed by atoms with Gasteiger partial charge in [-0.3, -0.25) is 0 Å². The van der Waals surface area contributed by atoms with Crippen LogP contribution in [0.15, 0.2) is 30.9 Å². The van der Waals surface area contributed by atoms with Gasteiger partial charge in [-0.2, -0.15) is 0 Å². The van der Waals surface area contributed by atoms with Gasteiger partial charge in [0.1, 0.15) is 17.2 Å². The van der Waals surface area contributed by atoms with E-state index in [9.17, 15) is 0 Å². The molecule has 0 spiro atoms. The second-order valence-corrected chi connectivity index (χ2v) is 4.65. The Kier molecular flexibility index (Phi) is 5.55. The molecular formula is C14H17ClN4O. The molecular weight excluding hydrogens is 276 g/mol. The summed E-state index contributed by atoms with van der Waals surface area (Å²) < 4.78 is 5.68. The number of halogens is 1. The average Bonchev–Trinajstić information content (AvgIpc) is 2.48. The number of hydrogen-bond acceptors (Lipinski definition) is 5. The first kappa shape index (κ1) is 14.5. The van der Waals surface area contributed by atoms with Crippen LogP contribution in [0.4, 0.5) is 5.82 Å². The maximum atomic E-state index is 6.00. The molecule has 6 heteroatoms. The summed E-state index contributed by atoms with van der Waals surface area (Å²) >= 11 is 6.00.